The summed E-state index contributed by atoms with van der Waals surface area (Å²) in [5.41, 5.74) is 2.62. The fraction of sp³-hybridized carbons (Fsp3) is 0.320. The first-order valence-electron chi connectivity index (χ1n) is 10.3. The number of fused-ring (bicyclic) bond motifs is 1. The van der Waals surface area contributed by atoms with Gasteiger partial charge >= 0.3 is 0 Å². The third kappa shape index (κ3) is 4.23. The normalized spacial score (nSPS) is 15.0. The molecule has 5 N–H and O–H groups in total. The monoisotopic (exact) mass is 440 g/mol. The van der Waals surface area contributed by atoms with E-state index in [1.54, 1.807) is 0 Å². The number of ether oxygens (including phenoxy) is 1. The van der Waals surface area contributed by atoms with Crippen LogP contribution in [0.2, 0.25) is 0 Å². The largest absolute Gasteiger partial charge is 0.507 e. The Morgan fingerprint density at radius 3 is 2.03 bits per heavy atom. The van der Waals surface area contributed by atoms with Gasteiger partial charge in [-0.2, -0.15) is 0 Å². The van der Waals surface area contributed by atoms with Crippen LogP contribution in [0.4, 0.5) is 0 Å². The summed E-state index contributed by atoms with van der Waals surface area (Å²) in [7, 11) is 0. The quantitative estimate of drug-likeness (QED) is 0.261. The van der Waals surface area contributed by atoms with Crippen molar-refractivity contribution in [1.29, 1.82) is 0 Å². The number of aromatic hydroxyl groups is 5. The van der Waals surface area contributed by atoms with Gasteiger partial charge in [-0.25, -0.2) is 0 Å². The summed E-state index contributed by atoms with van der Waals surface area (Å²) in [5, 5.41) is 51.6. The second-order valence-electron chi connectivity index (χ2n) is 8.46. The van der Waals surface area contributed by atoms with Gasteiger partial charge in [0.15, 0.2) is 17.3 Å². The molecule has 0 radical (unpaired) electrons. The fourth-order valence-corrected chi connectivity index (χ4v) is 3.70. The van der Waals surface area contributed by atoms with Crippen LogP contribution in [-0.2, 0) is 12.8 Å². The molecule has 32 heavy (non-hydrogen) atoms. The molecule has 0 saturated carbocycles. The standard InChI is InChI=1S/C25H28O7/c1-12(2)5-7-14-22(29)15(8-6-13(3)4)25-21(23(14)30)24(31)17(11-32-25)16-9-19(27)20(28)10-18(16)26/h5-6,9-10,17,26-30H,7-8,11H2,1-4H3/t17-/m1/s1. The minimum atomic E-state index is -1.02. The molecule has 0 saturated heterocycles. The Kier molecular flexibility index (Phi) is 6.39. The zero-order valence-corrected chi connectivity index (χ0v) is 18.6. The summed E-state index contributed by atoms with van der Waals surface area (Å²) in [5.74, 6) is -3.28. The van der Waals surface area contributed by atoms with Crippen LogP contribution >= 0.6 is 0 Å². The average molecular weight is 440 g/mol. The van der Waals surface area contributed by atoms with E-state index in [0.717, 1.165) is 23.3 Å². The number of hydrogen-bond donors (Lipinski definition) is 5. The van der Waals surface area contributed by atoms with Gasteiger partial charge in [0, 0.05) is 22.8 Å². The molecule has 0 fully saturated rings. The number of hydrogen-bond acceptors (Lipinski definition) is 7. The summed E-state index contributed by atoms with van der Waals surface area (Å²) in [6.07, 6.45) is 4.25. The van der Waals surface area contributed by atoms with Crippen molar-refractivity contribution in [3.8, 4) is 34.5 Å². The van der Waals surface area contributed by atoms with Crippen LogP contribution in [0.25, 0.3) is 0 Å². The summed E-state index contributed by atoms with van der Waals surface area (Å²) in [6, 6.07) is 2.05. The van der Waals surface area contributed by atoms with E-state index < -0.39 is 23.2 Å². The van der Waals surface area contributed by atoms with Crippen LogP contribution in [0.15, 0.2) is 35.4 Å². The third-order valence-electron chi connectivity index (χ3n) is 5.48. The number of Topliss-reactive ketones (excluding diaryl/α,β-unsaturated/α-hetero) is 1. The summed E-state index contributed by atoms with van der Waals surface area (Å²) >= 11 is 0. The lowest BCUT2D eigenvalue weighted by Gasteiger charge is -2.29. The highest BCUT2D eigenvalue weighted by Gasteiger charge is 2.38. The third-order valence-corrected chi connectivity index (χ3v) is 5.48. The highest BCUT2D eigenvalue weighted by Crippen LogP contribution is 2.49. The number of allylic oxidation sites excluding steroid dienone is 4. The second-order valence-corrected chi connectivity index (χ2v) is 8.46. The number of benzene rings is 2. The Morgan fingerprint density at radius 2 is 1.44 bits per heavy atom. The molecule has 0 aromatic heterocycles. The van der Waals surface area contributed by atoms with Crippen molar-refractivity contribution in [2.24, 2.45) is 0 Å². The van der Waals surface area contributed by atoms with Gasteiger partial charge in [-0.05, 0) is 46.6 Å². The molecule has 1 heterocycles. The molecule has 1 aliphatic rings. The predicted octanol–water partition coefficient (Wildman–Crippen LogP) is 4.59. The van der Waals surface area contributed by atoms with E-state index in [1.165, 1.54) is 0 Å². The number of rotatable bonds is 5. The van der Waals surface area contributed by atoms with Crippen molar-refractivity contribution >= 4 is 5.78 Å². The van der Waals surface area contributed by atoms with Crippen LogP contribution in [0.3, 0.4) is 0 Å². The molecular formula is C25H28O7. The van der Waals surface area contributed by atoms with E-state index >= 15 is 0 Å². The van der Waals surface area contributed by atoms with Crippen molar-refractivity contribution in [2.75, 3.05) is 6.61 Å². The molecule has 7 heteroatoms. The predicted molar refractivity (Wildman–Crippen MR) is 120 cm³/mol. The van der Waals surface area contributed by atoms with E-state index in [-0.39, 0.29) is 52.7 Å². The van der Waals surface area contributed by atoms with Crippen LogP contribution in [0.5, 0.6) is 34.5 Å². The molecule has 0 bridgehead atoms. The maximum atomic E-state index is 13.5. The smallest absolute Gasteiger partial charge is 0.181 e. The number of carbonyl (C=O) groups excluding carboxylic acids is 1. The van der Waals surface area contributed by atoms with Gasteiger partial charge in [0.25, 0.3) is 0 Å². The van der Waals surface area contributed by atoms with Crippen molar-refractivity contribution in [3.63, 3.8) is 0 Å². The number of carbonyl (C=O) groups is 1. The molecule has 0 spiro atoms. The first kappa shape index (κ1) is 23.1. The van der Waals surface area contributed by atoms with Crippen molar-refractivity contribution in [3.05, 3.63) is 57.7 Å². The van der Waals surface area contributed by atoms with E-state index in [2.05, 4.69) is 0 Å². The van der Waals surface area contributed by atoms with Gasteiger partial charge in [-0.3, -0.25) is 4.79 Å². The first-order valence-corrected chi connectivity index (χ1v) is 10.3. The topological polar surface area (TPSA) is 127 Å². The molecule has 7 nitrogen and oxygen atoms in total. The fourth-order valence-electron chi connectivity index (χ4n) is 3.70. The minimum absolute atomic E-state index is 0.0691. The number of ketones is 1. The zero-order valence-electron chi connectivity index (χ0n) is 18.6. The molecule has 0 amide bonds. The van der Waals surface area contributed by atoms with Crippen LogP contribution in [0, 0.1) is 0 Å². The lowest BCUT2D eigenvalue weighted by atomic mass is 9.84. The lowest BCUT2D eigenvalue weighted by molar-refractivity contribution is 0.0888. The number of phenols is 5. The van der Waals surface area contributed by atoms with Crippen molar-refractivity contribution in [1.82, 2.24) is 0 Å². The molecule has 3 rings (SSSR count). The number of phenolic OH excluding ortho intramolecular Hbond substituents is 5. The molecular weight excluding hydrogens is 412 g/mol. The lowest BCUT2D eigenvalue weighted by Crippen LogP contribution is -2.27. The average Bonchev–Trinajstić information content (AvgIpc) is 2.70. The van der Waals surface area contributed by atoms with Crippen LogP contribution < -0.4 is 4.74 Å². The van der Waals surface area contributed by atoms with Gasteiger partial charge in [0.2, 0.25) is 0 Å². The van der Waals surface area contributed by atoms with Gasteiger partial charge in [0.1, 0.15) is 35.2 Å². The van der Waals surface area contributed by atoms with Crippen LogP contribution in [-0.4, -0.2) is 37.9 Å². The molecule has 0 aliphatic carbocycles. The zero-order chi connectivity index (χ0) is 23.7. The van der Waals surface area contributed by atoms with Gasteiger partial charge in [-0.15, -0.1) is 0 Å². The van der Waals surface area contributed by atoms with E-state index in [1.807, 2.05) is 39.8 Å². The summed E-state index contributed by atoms with van der Waals surface area (Å²) in [4.78, 5) is 13.5. The van der Waals surface area contributed by atoms with E-state index in [9.17, 15) is 30.3 Å². The maximum absolute atomic E-state index is 13.5. The van der Waals surface area contributed by atoms with Gasteiger partial charge < -0.3 is 30.3 Å². The van der Waals surface area contributed by atoms with Crippen LogP contribution in [0.1, 0.15) is 60.7 Å². The summed E-state index contributed by atoms with van der Waals surface area (Å²) in [6.45, 7) is 7.44. The Morgan fingerprint density at radius 1 is 0.875 bits per heavy atom. The highest BCUT2D eigenvalue weighted by atomic mass is 16.5. The summed E-state index contributed by atoms with van der Waals surface area (Å²) < 4.78 is 5.85. The van der Waals surface area contributed by atoms with Gasteiger partial charge in [-0.1, -0.05) is 23.3 Å². The molecule has 170 valence electrons. The van der Waals surface area contributed by atoms with Crippen molar-refractivity contribution < 1.29 is 35.1 Å². The van der Waals surface area contributed by atoms with E-state index in [4.69, 9.17) is 4.74 Å². The SMILES string of the molecule is CC(C)=CCc1c(O)c(CC=C(C)C)c2c(c1O)C(=O)[C@@H](c1cc(O)c(O)cc1O)CO2. The molecule has 0 unspecified atom stereocenters. The first-order chi connectivity index (χ1) is 15.0. The minimum Gasteiger partial charge on any atom is -0.507 e. The Bertz CT molecular complexity index is 1130. The van der Waals surface area contributed by atoms with Gasteiger partial charge in [0.05, 0.1) is 5.92 Å². The molecule has 2 aromatic carbocycles. The van der Waals surface area contributed by atoms with Crippen molar-refractivity contribution in [2.45, 2.75) is 46.5 Å². The molecule has 1 aliphatic heterocycles. The Labute approximate surface area is 186 Å². The molecule has 2 aromatic rings. The molecule has 1 atom stereocenters. The second kappa shape index (κ2) is 8.86. The highest BCUT2D eigenvalue weighted by molar-refractivity contribution is 6.08. The Balaban J connectivity index is 2.20. The Hall–Kier alpha value is -3.61. The maximum Gasteiger partial charge on any atom is 0.181 e. The van der Waals surface area contributed by atoms with E-state index in [0.29, 0.717) is 12.0 Å².